The zero-order chi connectivity index (χ0) is 10.4. The normalized spacial score (nSPS) is 24.0. The second-order valence-corrected chi connectivity index (χ2v) is 4.09. The highest BCUT2D eigenvalue weighted by molar-refractivity contribution is 6.00. The Morgan fingerprint density at radius 1 is 1.20 bits per heavy atom. The summed E-state index contributed by atoms with van der Waals surface area (Å²) in [4.78, 5) is 25.2. The topological polar surface area (TPSA) is 37.4 Å². The number of nitrogens with zero attached hydrogens (tertiary/aromatic N) is 1. The molecule has 2 aliphatic rings. The van der Waals surface area contributed by atoms with Gasteiger partial charge in [0.2, 0.25) is 0 Å². The first-order valence-electron chi connectivity index (χ1n) is 5.19. The van der Waals surface area contributed by atoms with Crippen LogP contribution in [0.5, 0.6) is 0 Å². The van der Waals surface area contributed by atoms with Crippen LogP contribution in [-0.4, -0.2) is 23.1 Å². The fraction of sp³-hybridized carbons (Fsp3) is 0.333. The Kier molecular flexibility index (Phi) is 1.69. The van der Waals surface area contributed by atoms with Gasteiger partial charge in [0.1, 0.15) is 5.78 Å². The van der Waals surface area contributed by atoms with Crippen LogP contribution >= 0.6 is 0 Å². The summed E-state index contributed by atoms with van der Waals surface area (Å²) in [5.74, 6) is 0.351. The lowest BCUT2D eigenvalue weighted by Gasteiger charge is -2.29. The second kappa shape index (κ2) is 2.92. The number of ketones is 1. The van der Waals surface area contributed by atoms with E-state index in [1.165, 1.54) is 0 Å². The molecule has 0 radical (unpaired) electrons. The Hall–Kier alpha value is -1.64. The van der Waals surface area contributed by atoms with Crippen molar-refractivity contribution in [3.8, 4) is 0 Å². The van der Waals surface area contributed by atoms with Gasteiger partial charge in [0.05, 0.1) is 6.04 Å². The minimum Gasteiger partial charge on any atom is -0.331 e. The predicted octanol–water partition coefficient (Wildman–Crippen LogP) is 1.55. The molecule has 2 aliphatic heterocycles. The standard InChI is InChI=1S/C12H11NO2/c14-8-5-6-13-11(7-8)9-3-1-2-4-10(9)12(13)15/h1-4,11H,5-7H2. The van der Waals surface area contributed by atoms with Crippen LogP contribution in [0.15, 0.2) is 24.3 Å². The third-order valence-electron chi connectivity index (χ3n) is 3.24. The van der Waals surface area contributed by atoms with Gasteiger partial charge in [0.15, 0.2) is 0 Å². The maximum Gasteiger partial charge on any atom is 0.254 e. The van der Waals surface area contributed by atoms with Crippen molar-refractivity contribution in [2.75, 3.05) is 6.54 Å². The molecule has 76 valence electrons. The molecule has 0 aromatic heterocycles. The Morgan fingerprint density at radius 2 is 2.00 bits per heavy atom. The molecular formula is C12H11NO2. The number of benzene rings is 1. The number of piperidine rings is 1. The van der Waals surface area contributed by atoms with Crippen molar-refractivity contribution in [2.45, 2.75) is 18.9 Å². The number of carbonyl (C=O) groups is 2. The summed E-state index contributed by atoms with van der Waals surface area (Å²) in [6, 6.07) is 7.61. The van der Waals surface area contributed by atoms with Crippen LogP contribution in [0.25, 0.3) is 0 Å². The van der Waals surface area contributed by atoms with Gasteiger partial charge in [-0.3, -0.25) is 9.59 Å². The lowest BCUT2D eigenvalue weighted by molar-refractivity contribution is -0.122. The molecule has 1 fully saturated rings. The zero-order valence-corrected chi connectivity index (χ0v) is 8.27. The monoisotopic (exact) mass is 201 g/mol. The number of rotatable bonds is 0. The highest BCUT2D eigenvalue weighted by atomic mass is 16.2. The van der Waals surface area contributed by atoms with Crippen molar-refractivity contribution < 1.29 is 9.59 Å². The van der Waals surface area contributed by atoms with Crippen molar-refractivity contribution >= 4 is 11.7 Å². The third kappa shape index (κ3) is 1.12. The highest BCUT2D eigenvalue weighted by Crippen LogP contribution is 2.38. The molecular weight excluding hydrogens is 190 g/mol. The third-order valence-corrected chi connectivity index (χ3v) is 3.24. The molecule has 0 spiro atoms. The molecule has 15 heavy (non-hydrogen) atoms. The van der Waals surface area contributed by atoms with Gasteiger partial charge in [0, 0.05) is 24.9 Å². The van der Waals surface area contributed by atoms with E-state index in [1.807, 2.05) is 29.2 Å². The van der Waals surface area contributed by atoms with E-state index in [9.17, 15) is 9.59 Å². The molecule has 3 heteroatoms. The van der Waals surface area contributed by atoms with E-state index in [-0.39, 0.29) is 17.7 Å². The highest BCUT2D eigenvalue weighted by Gasteiger charge is 2.39. The molecule has 0 saturated carbocycles. The number of fused-ring (bicyclic) bond motifs is 3. The van der Waals surface area contributed by atoms with Gasteiger partial charge in [-0.15, -0.1) is 0 Å². The Balaban J connectivity index is 2.10. The average Bonchev–Trinajstić information content (AvgIpc) is 2.54. The van der Waals surface area contributed by atoms with Gasteiger partial charge in [-0.2, -0.15) is 0 Å². The van der Waals surface area contributed by atoms with Gasteiger partial charge in [-0.05, 0) is 11.6 Å². The van der Waals surface area contributed by atoms with Gasteiger partial charge in [-0.1, -0.05) is 18.2 Å². The van der Waals surface area contributed by atoms with Crippen molar-refractivity contribution in [3.63, 3.8) is 0 Å². The van der Waals surface area contributed by atoms with Gasteiger partial charge in [-0.25, -0.2) is 0 Å². The summed E-state index contributed by atoms with van der Waals surface area (Å²) < 4.78 is 0. The van der Waals surface area contributed by atoms with Crippen LogP contribution in [-0.2, 0) is 4.79 Å². The van der Waals surface area contributed by atoms with Crippen molar-refractivity contribution in [1.82, 2.24) is 4.90 Å². The first-order valence-corrected chi connectivity index (χ1v) is 5.19. The fourth-order valence-electron chi connectivity index (χ4n) is 2.49. The van der Waals surface area contributed by atoms with Crippen molar-refractivity contribution in [3.05, 3.63) is 35.4 Å². The molecule has 1 saturated heterocycles. The molecule has 3 nitrogen and oxygen atoms in total. The lowest BCUT2D eigenvalue weighted by Crippen LogP contribution is -2.35. The van der Waals surface area contributed by atoms with Crippen LogP contribution in [0, 0.1) is 0 Å². The minimum atomic E-state index is 0.00921. The Bertz CT molecular complexity index is 453. The number of hydrogen-bond acceptors (Lipinski definition) is 2. The van der Waals surface area contributed by atoms with E-state index >= 15 is 0 Å². The first kappa shape index (κ1) is 8.65. The molecule has 1 unspecified atom stereocenters. The van der Waals surface area contributed by atoms with Crippen molar-refractivity contribution in [1.29, 1.82) is 0 Å². The average molecular weight is 201 g/mol. The van der Waals surface area contributed by atoms with E-state index in [0.717, 1.165) is 11.1 Å². The fourth-order valence-corrected chi connectivity index (χ4v) is 2.49. The molecule has 1 aromatic carbocycles. The zero-order valence-electron chi connectivity index (χ0n) is 8.27. The van der Waals surface area contributed by atoms with Gasteiger partial charge < -0.3 is 4.90 Å². The summed E-state index contributed by atoms with van der Waals surface area (Å²) in [5.41, 5.74) is 1.80. The van der Waals surface area contributed by atoms with E-state index in [2.05, 4.69) is 0 Å². The Labute approximate surface area is 87.7 Å². The van der Waals surface area contributed by atoms with E-state index in [4.69, 9.17) is 0 Å². The van der Waals surface area contributed by atoms with Crippen LogP contribution in [0.2, 0.25) is 0 Å². The number of Topliss-reactive ketones (excluding diaryl/α,β-unsaturated/α-hetero) is 1. The van der Waals surface area contributed by atoms with Crippen LogP contribution in [0.3, 0.4) is 0 Å². The molecule has 1 aromatic rings. The molecule has 2 heterocycles. The van der Waals surface area contributed by atoms with Crippen molar-refractivity contribution in [2.24, 2.45) is 0 Å². The minimum absolute atomic E-state index is 0.00921. The summed E-state index contributed by atoms with van der Waals surface area (Å²) in [6.45, 7) is 0.580. The first-order chi connectivity index (χ1) is 7.27. The Morgan fingerprint density at radius 3 is 2.87 bits per heavy atom. The summed E-state index contributed by atoms with van der Waals surface area (Å²) in [6.07, 6.45) is 0.999. The predicted molar refractivity (Wildman–Crippen MR) is 54.5 cm³/mol. The van der Waals surface area contributed by atoms with Gasteiger partial charge >= 0.3 is 0 Å². The number of amides is 1. The van der Waals surface area contributed by atoms with E-state index in [0.29, 0.717) is 19.4 Å². The second-order valence-electron chi connectivity index (χ2n) is 4.09. The smallest absolute Gasteiger partial charge is 0.254 e. The maximum atomic E-state index is 12.0. The van der Waals surface area contributed by atoms with E-state index in [1.54, 1.807) is 0 Å². The largest absolute Gasteiger partial charge is 0.331 e. The quantitative estimate of drug-likeness (QED) is 0.638. The molecule has 0 bridgehead atoms. The van der Waals surface area contributed by atoms with Crippen LogP contribution < -0.4 is 0 Å². The summed E-state index contributed by atoms with van der Waals surface area (Å²) >= 11 is 0. The lowest BCUT2D eigenvalue weighted by atomic mass is 9.97. The van der Waals surface area contributed by atoms with Crippen LogP contribution in [0.1, 0.15) is 34.8 Å². The summed E-state index contributed by atoms with van der Waals surface area (Å²) in [5, 5.41) is 0. The molecule has 3 rings (SSSR count). The van der Waals surface area contributed by atoms with Gasteiger partial charge in [0.25, 0.3) is 5.91 Å². The molecule has 0 aliphatic carbocycles. The maximum absolute atomic E-state index is 12.0. The number of carbonyl (C=O) groups excluding carboxylic acids is 2. The SMILES string of the molecule is O=C1CCN2C(=O)c3ccccc3C2C1. The molecule has 1 amide bonds. The summed E-state index contributed by atoms with van der Waals surface area (Å²) in [7, 11) is 0. The van der Waals surface area contributed by atoms with E-state index < -0.39 is 0 Å². The molecule has 1 atom stereocenters. The molecule has 0 N–H and O–H groups in total. The van der Waals surface area contributed by atoms with Crippen LogP contribution in [0.4, 0.5) is 0 Å². The number of hydrogen-bond donors (Lipinski definition) is 0.